The van der Waals surface area contributed by atoms with Crippen LogP contribution in [-0.4, -0.2) is 13.1 Å². The summed E-state index contributed by atoms with van der Waals surface area (Å²) >= 11 is 0. The fourth-order valence-corrected chi connectivity index (χ4v) is 1.30. The highest BCUT2D eigenvalue weighted by molar-refractivity contribution is 5.79. The van der Waals surface area contributed by atoms with Crippen LogP contribution in [0.1, 0.15) is 18.4 Å². The Bertz CT molecular complexity index is 411. The third-order valence-electron chi connectivity index (χ3n) is 2.11. The van der Waals surface area contributed by atoms with Gasteiger partial charge in [-0.2, -0.15) is 0 Å². The molecular formula is C10H11N3O2. The van der Waals surface area contributed by atoms with E-state index in [1.54, 1.807) is 31.2 Å². The molecule has 0 fully saturated rings. The molecule has 1 aromatic carbocycles. The maximum atomic E-state index is 11.3. The molecule has 0 saturated carbocycles. The SMILES string of the molecule is COC(=O)C(C)c1ccccc1N=[N+]=[N-]. The van der Waals surface area contributed by atoms with Crippen LogP contribution < -0.4 is 0 Å². The van der Waals surface area contributed by atoms with Gasteiger partial charge in [-0.25, -0.2) is 0 Å². The largest absolute Gasteiger partial charge is 0.469 e. The second-order valence-corrected chi connectivity index (χ2v) is 2.99. The van der Waals surface area contributed by atoms with Gasteiger partial charge in [-0.05, 0) is 18.0 Å². The first-order chi connectivity index (χ1) is 7.20. The van der Waals surface area contributed by atoms with Crippen molar-refractivity contribution >= 4 is 11.7 Å². The van der Waals surface area contributed by atoms with Crippen LogP contribution in [0.25, 0.3) is 10.4 Å². The number of nitrogens with zero attached hydrogens (tertiary/aromatic N) is 3. The summed E-state index contributed by atoms with van der Waals surface area (Å²) in [5.41, 5.74) is 9.49. The number of ether oxygens (including phenoxy) is 1. The maximum absolute atomic E-state index is 11.3. The smallest absolute Gasteiger partial charge is 0.312 e. The average Bonchev–Trinajstić information content (AvgIpc) is 2.28. The second-order valence-electron chi connectivity index (χ2n) is 2.99. The molecule has 0 spiro atoms. The van der Waals surface area contributed by atoms with Crippen LogP contribution in [0.3, 0.4) is 0 Å². The summed E-state index contributed by atoms with van der Waals surface area (Å²) in [6.45, 7) is 1.71. The Balaban J connectivity index is 3.12. The number of methoxy groups -OCH3 is 1. The summed E-state index contributed by atoms with van der Waals surface area (Å²) in [6, 6.07) is 6.93. The molecule has 1 unspecified atom stereocenters. The molecule has 1 rings (SSSR count). The molecule has 5 nitrogen and oxygen atoms in total. The lowest BCUT2D eigenvalue weighted by molar-refractivity contribution is -0.141. The first-order valence-corrected chi connectivity index (χ1v) is 4.42. The minimum Gasteiger partial charge on any atom is -0.469 e. The highest BCUT2D eigenvalue weighted by atomic mass is 16.5. The molecule has 0 aromatic heterocycles. The van der Waals surface area contributed by atoms with Crippen LogP contribution in [0.4, 0.5) is 5.69 Å². The zero-order chi connectivity index (χ0) is 11.3. The lowest BCUT2D eigenvalue weighted by Gasteiger charge is -2.11. The van der Waals surface area contributed by atoms with E-state index in [1.807, 2.05) is 0 Å². The van der Waals surface area contributed by atoms with E-state index < -0.39 is 5.92 Å². The van der Waals surface area contributed by atoms with E-state index in [9.17, 15) is 4.79 Å². The summed E-state index contributed by atoms with van der Waals surface area (Å²) in [4.78, 5) is 14.0. The van der Waals surface area contributed by atoms with Gasteiger partial charge in [0.1, 0.15) is 0 Å². The molecule has 1 atom stereocenters. The highest BCUT2D eigenvalue weighted by Gasteiger charge is 2.17. The molecular weight excluding hydrogens is 194 g/mol. The molecule has 0 aliphatic heterocycles. The van der Waals surface area contributed by atoms with E-state index in [4.69, 9.17) is 5.53 Å². The van der Waals surface area contributed by atoms with Gasteiger partial charge in [0.25, 0.3) is 0 Å². The molecule has 0 N–H and O–H groups in total. The number of esters is 1. The fourth-order valence-electron chi connectivity index (χ4n) is 1.30. The van der Waals surface area contributed by atoms with Crippen molar-refractivity contribution in [3.8, 4) is 0 Å². The zero-order valence-corrected chi connectivity index (χ0v) is 8.54. The number of hydrogen-bond acceptors (Lipinski definition) is 3. The van der Waals surface area contributed by atoms with Crippen molar-refractivity contribution in [2.24, 2.45) is 5.11 Å². The first kappa shape index (κ1) is 11.1. The molecule has 78 valence electrons. The van der Waals surface area contributed by atoms with E-state index in [-0.39, 0.29) is 5.97 Å². The molecule has 0 aliphatic carbocycles. The van der Waals surface area contributed by atoms with Crippen LogP contribution >= 0.6 is 0 Å². The molecule has 0 aliphatic rings. The van der Waals surface area contributed by atoms with E-state index in [1.165, 1.54) is 7.11 Å². The first-order valence-electron chi connectivity index (χ1n) is 4.42. The Morgan fingerprint density at radius 2 is 2.20 bits per heavy atom. The predicted octanol–water partition coefficient (Wildman–Crippen LogP) is 2.90. The Hall–Kier alpha value is -2.00. The summed E-state index contributed by atoms with van der Waals surface area (Å²) in [7, 11) is 1.33. The molecule has 0 bridgehead atoms. The van der Waals surface area contributed by atoms with Crippen molar-refractivity contribution in [3.05, 3.63) is 40.3 Å². The Morgan fingerprint density at radius 1 is 1.53 bits per heavy atom. The number of carbonyl (C=O) groups is 1. The Kier molecular flexibility index (Phi) is 3.71. The number of hydrogen-bond donors (Lipinski definition) is 0. The van der Waals surface area contributed by atoms with Crippen LogP contribution in [0.2, 0.25) is 0 Å². The summed E-state index contributed by atoms with van der Waals surface area (Å²) in [5.74, 6) is -0.785. The Labute approximate surface area is 87.3 Å². The third kappa shape index (κ3) is 2.48. The number of rotatable bonds is 3. The molecule has 0 amide bonds. The lowest BCUT2D eigenvalue weighted by atomic mass is 10.00. The van der Waals surface area contributed by atoms with Gasteiger partial charge in [0.05, 0.1) is 13.0 Å². The van der Waals surface area contributed by atoms with E-state index in [0.717, 1.165) is 0 Å². The van der Waals surface area contributed by atoms with Crippen molar-refractivity contribution in [1.82, 2.24) is 0 Å². The molecule has 0 saturated heterocycles. The van der Waals surface area contributed by atoms with Gasteiger partial charge < -0.3 is 4.74 Å². The van der Waals surface area contributed by atoms with Gasteiger partial charge in [-0.15, -0.1) is 0 Å². The van der Waals surface area contributed by atoms with Gasteiger partial charge >= 0.3 is 5.97 Å². The van der Waals surface area contributed by atoms with Crippen LogP contribution in [0, 0.1) is 0 Å². The van der Waals surface area contributed by atoms with Crippen LogP contribution in [-0.2, 0) is 9.53 Å². The molecule has 15 heavy (non-hydrogen) atoms. The third-order valence-corrected chi connectivity index (χ3v) is 2.11. The number of carbonyl (C=O) groups excluding carboxylic acids is 1. The van der Waals surface area contributed by atoms with Crippen molar-refractivity contribution < 1.29 is 9.53 Å². The van der Waals surface area contributed by atoms with Gasteiger partial charge in [0, 0.05) is 10.6 Å². The fraction of sp³-hybridized carbons (Fsp3) is 0.300. The van der Waals surface area contributed by atoms with Crippen molar-refractivity contribution in [2.75, 3.05) is 7.11 Å². The molecule has 0 radical (unpaired) electrons. The summed E-state index contributed by atoms with van der Waals surface area (Å²) in [6.07, 6.45) is 0. The van der Waals surface area contributed by atoms with Crippen LogP contribution in [0.15, 0.2) is 29.4 Å². The maximum Gasteiger partial charge on any atom is 0.312 e. The lowest BCUT2D eigenvalue weighted by Crippen LogP contribution is -2.10. The van der Waals surface area contributed by atoms with Gasteiger partial charge in [-0.3, -0.25) is 4.79 Å². The zero-order valence-electron chi connectivity index (χ0n) is 8.54. The minimum absolute atomic E-state index is 0.351. The highest BCUT2D eigenvalue weighted by Crippen LogP contribution is 2.27. The van der Waals surface area contributed by atoms with Crippen molar-refractivity contribution in [1.29, 1.82) is 0 Å². The van der Waals surface area contributed by atoms with Gasteiger partial charge in [-0.1, -0.05) is 29.4 Å². The Morgan fingerprint density at radius 3 is 2.80 bits per heavy atom. The molecule has 0 heterocycles. The number of benzene rings is 1. The molecule has 1 aromatic rings. The van der Waals surface area contributed by atoms with E-state index >= 15 is 0 Å². The average molecular weight is 205 g/mol. The monoisotopic (exact) mass is 205 g/mol. The van der Waals surface area contributed by atoms with E-state index in [2.05, 4.69) is 14.8 Å². The van der Waals surface area contributed by atoms with Gasteiger partial charge in [0.15, 0.2) is 0 Å². The summed E-state index contributed by atoms with van der Waals surface area (Å²) < 4.78 is 4.63. The topological polar surface area (TPSA) is 75.1 Å². The van der Waals surface area contributed by atoms with Gasteiger partial charge in [0.2, 0.25) is 0 Å². The standard InChI is InChI=1S/C10H11N3O2/c1-7(10(14)15-2)8-5-3-4-6-9(8)12-13-11/h3-7H,1-2H3. The van der Waals surface area contributed by atoms with Crippen LogP contribution in [0.5, 0.6) is 0 Å². The normalized spacial score (nSPS) is 11.3. The summed E-state index contributed by atoms with van der Waals surface area (Å²) in [5, 5.41) is 3.52. The number of azide groups is 1. The predicted molar refractivity (Wildman–Crippen MR) is 55.7 cm³/mol. The quantitative estimate of drug-likeness (QED) is 0.329. The molecule has 5 heteroatoms. The van der Waals surface area contributed by atoms with Crippen molar-refractivity contribution in [3.63, 3.8) is 0 Å². The second kappa shape index (κ2) is 5.02. The minimum atomic E-state index is -0.434. The van der Waals surface area contributed by atoms with E-state index in [0.29, 0.717) is 11.3 Å². The van der Waals surface area contributed by atoms with Crippen molar-refractivity contribution in [2.45, 2.75) is 12.8 Å².